The number of morpholine rings is 1. The van der Waals surface area contributed by atoms with Crippen molar-refractivity contribution >= 4 is 37.5 Å². The van der Waals surface area contributed by atoms with Gasteiger partial charge in [0.2, 0.25) is 10.0 Å². The molecule has 1 fully saturated rings. The topological polar surface area (TPSA) is 110 Å². The van der Waals surface area contributed by atoms with Gasteiger partial charge in [-0.05, 0) is 49.1 Å². The van der Waals surface area contributed by atoms with Crippen LogP contribution in [0, 0.1) is 0 Å². The SMILES string of the molecule is CSc1ccc(S(=O)(=O)N[C@@H](C)c2ccc(S(C)(=O)=O)cc2)cc1C(=O)N1CCOCC1. The van der Waals surface area contributed by atoms with Gasteiger partial charge in [0, 0.05) is 30.3 Å². The Morgan fingerprint density at radius 1 is 1.03 bits per heavy atom. The largest absolute Gasteiger partial charge is 0.378 e. The minimum absolute atomic E-state index is 0.00786. The smallest absolute Gasteiger partial charge is 0.255 e. The summed E-state index contributed by atoms with van der Waals surface area (Å²) in [5.74, 6) is -0.223. The van der Waals surface area contributed by atoms with Crippen LogP contribution in [-0.2, 0) is 24.6 Å². The molecular weight excluding hydrogens is 472 g/mol. The first-order chi connectivity index (χ1) is 15.0. The fraction of sp³-hybridized carbons (Fsp3) is 0.381. The molecule has 2 aromatic carbocycles. The fourth-order valence-electron chi connectivity index (χ4n) is 3.33. The summed E-state index contributed by atoms with van der Waals surface area (Å²) in [5.41, 5.74) is 0.957. The van der Waals surface area contributed by atoms with Crippen LogP contribution in [0.15, 0.2) is 57.2 Å². The number of ether oxygens (including phenoxy) is 1. The van der Waals surface area contributed by atoms with E-state index in [-0.39, 0.29) is 15.7 Å². The highest BCUT2D eigenvalue weighted by Gasteiger charge is 2.25. The Bertz CT molecular complexity index is 1190. The second-order valence-electron chi connectivity index (χ2n) is 7.45. The molecule has 1 heterocycles. The molecule has 1 aliphatic heterocycles. The van der Waals surface area contributed by atoms with E-state index >= 15 is 0 Å². The number of thioether (sulfide) groups is 1. The van der Waals surface area contributed by atoms with Crippen LogP contribution in [0.1, 0.15) is 28.9 Å². The average molecular weight is 499 g/mol. The zero-order valence-corrected chi connectivity index (χ0v) is 20.5. The van der Waals surface area contributed by atoms with Crippen molar-refractivity contribution < 1.29 is 26.4 Å². The van der Waals surface area contributed by atoms with E-state index in [1.807, 2.05) is 6.26 Å². The summed E-state index contributed by atoms with van der Waals surface area (Å²) < 4.78 is 57.2. The molecule has 32 heavy (non-hydrogen) atoms. The normalized spacial score (nSPS) is 16.0. The van der Waals surface area contributed by atoms with Gasteiger partial charge in [-0.25, -0.2) is 21.6 Å². The first-order valence-corrected chi connectivity index (χ1v) is 14.5. The summed E-state index contributed by atoms with van der Waals surface area (Å²) in [6, 6.07) is 9.96. The van der Waals surface area contributed by atoms with Crippen molar-refractivity contribution in [2.45, 2.75) is 27.7 Å². The van der Waals surface area contributed by atoms with Crippen molar-refractivity contribution in [1.29, 1.82) is 0 Å². The molecule has 0 spiro atoms. The monoisotopic (exact) mass is 498 g/mol. The van der Waals surface area contributed by atoms with E-state index in [2.05, 4.69) is 4.72 Å². The van der Waals surface area contributed by atoms with Gasteiger partial charge in [-0.15, -0.1) is 11.8 Å². The molecule has 8 nitrogen and oxygen atoms in total. The Morgan fingerprint density at radius 3 is 2.19 bits per heavy atom. The van der Waals surface area contributed by atoms with Crippen molar-refractivity contribution in [3.05, 3.63) is 53.6 Å². The minimum Gasteiger partial charge on any atom is -0.378 e. The molecule has 0 bridgehead atoms. The number of sulfone groups is 1. The molecular formula is C21H26N2O6S3. The van der Waals surface area contributed by atoms with Crippen molar-refractivity contribution in [1.82, 2.24) is 9.62 Å². The van der Waals surface area contributed by atoms with Gasteiger partial charge in [-0.3, -0.25) is 4.79 Å². The number of nitrogens with one attached hydrogen (secondary N) is 1. The van der Waals surface area contributed by atoms with Crippen molar-refractivity contribution in [3.63, 3.8) is 0 Å². The molecule has 0 saturated carbocycles. The molecule has 0 unspecified atom stereocenters. The average Bonchev–Trinajstić information content (AvgIpc) is 2.78. The minimum atomic E-state index is -3.93. The van der Waals surface area contributed by atoms with Crippen LogP contribution in [0.2, 0.25) is 0 Å². The van der Waals surface area contributed by atoms with E-state index in [9.17, 15) is 21.6 Å². The predicted octanol–water partition coefficient (Wildman–Crippen LogP) is 2.32. The lowest BCUT2D eigenvalue weighted by atomic mass is 10.1. The highest BCUT2D eigenvalue weighted by molar-refractivity contribution is 7.98. The van der Waals surface area contributed by atoms with Crippen LogP contribution in [0.4, 0.5) is 0 Å². The molecule has 0 radical (unpaired) electrons. The lowest BCUT2D eigenvalue weighted by Crippen LogP contribution is -2.41. The number of amides is 1. The van der Waals surface area contributed by atoms with Crippen LogP contribution in [0.3, 0.4) is 0 Å². The maximum atomic E-state index is 13.0. The third kappa shape index (κ3) is 5.70. The predicted molar refractivity (Wildman–Crippen MR) is 123 cm³/mol. The second kappa shape index (κ2) is 9.92. The lowest BCUT2D eigenvalue weighted by Gasteiger charge is -2.27. The molecule has 1 saturated heterocycles. The number of carbonyl (C=O) groups excluding carboxylic acids is 1. The number of rotatable bonds is 7. The van der Waals surface area contributed by atoms with Gasteiger partial charge in [0.05, 0.1) is 28.6 Å². The van der Waals surface area contributed by atoms with Crippen LogP contribution in [-0.4, -0.2) is 66.5 Å². The van der Waals surface area contributed by atoms with E-state index < -0.39 is 25.9 Å². The first kappa shape index (κ1) is 24.7. The van der Waals surface area contributed by atoms with Crippen LogP contribution in [0.25, 0.3) is 0 Å². The number of benzene rings is 2. The summed E-state index contributed by atoms with van der Waals surface area (Å²) >= 11 is 1.38. The van der Waals surface area contributed by atoms with E-state index in [4.69, 9.17) is 4.74 Å². The number of sulfonamides is 1. The molecule has 3 rings (SSSR count). The highest BCUT2D eigenvalue weighted by atomic mass is 32.2. The summed E-state index contributed by atoms with van der Waals surface area (Å²) in [5, 5.41) is 0. The van der Waals surface area contributed by atoms with Crippen molar-refractivity contribution in [2.24, 2.45) is 0 Å². The molecule has 1 amide bonds. The quantitative estimate of drug-likeness (QED) is 0.584. The number of hydrogen-bond acceptors (Lipinski definition) is 7. The standard InChI is InChI=1S/C21H26N2O6S3/c1-15(16-4-6-17(7-5-16)31(3,25)26)22-32(27,28)18-8-9-20(30-2)19(14-18)21(24)23-10-12-29-13-11-23/h4-9,14-15,22H,10-13H2,1-3H3/t15-/m0/s1. The van der Waals surface area contributed by atoms with Crippen molar-refractivity contribution in [3.8, 4) is 0 Å². The highest BCUT2D eigenvalue weighted by Crippen LogP contribution is 2.26. The van der Waals surface area contributed by atoms with Crippen LogP contribution in [0.5, 0.6) is 0 Å². The van der Waals surface area contributed by atoms with Gasteiger partial charge < -0.3 is 9.64 Å². The first-order valence-electron chi connectivity index (χ1n) is 9.90. The Morgan fingerprint density at radius 2 is 1.62 bits per heavy atom. The number of nitrogens with zero attached hydrogens (tertiary/aromatic N) is 1. The van der Waals surface area contributed by atoms with E-state index in [1.165, 1.54) is 36.0 Å². The zero-order chi connectivity index (χ0) is 23.5. The maximum absolute atomic E-state index is 13.0. The van der Waals surface area contributed by atoms with Crippen molar-refractivity contribution in [2.75, 3.05) is 38.8 Å². The Balaban J connectivity index is 1.85. The molecule has 0 aromatic heterocycles. The molecule has 11 heteroatoms. The molecule has 174 valence electrons. The van der Waals surface area contributed by atoms with Gasteiger partial charge in [0.15, 0.2) is 9.84 Å². The van der Waals surface area contributed by atoms with E-state index in [0.717, 1.165) is 6.26 Å². The Hall–Kier alpha value is -1.92. The van der Waals surface area contributed by atoms with Gasteiger partial charge in [0.1, 0.15) is 0 Å². The van der Waals surface area contributed by atoms with Gasteiger partial charge in [-0.2, -0.15) is 0 Å². The lowest BCUT2D eigenvalue weighted by molar-refractivity contribution is 0.0300. The summed E-state index contributed by atoms with van der Waals surface area (Å²) in [6.45, 7) is 3.50. The Labute approximate surface area is 193 Å². The van der Waals surface area contributed by atoms with Gasteiger partial charge in [0.25, 0.3) is 5.91 Å². The second-order valence-corrected chi connectivity index (χ2v) is 12.0. The molecule has 2 aromatic rings. The van der Waals surface area contributed by atoms with Gasteiger partial charge in [-0.1, -0.05) is 12.1 Å². The van der Waals surface area contributed by atoms with Crippen LogP contribution >= 0.6 is 11.8 Å². The van der Waals surface area contributed by atoms with E-state index in [0.29, 0.717) is 42.3 Å². The summed E-state index contributed by atoms with van der Waals surface area (Å²) in [7, 11) is -7.27. The van der Waals surface area contributed by atoms with Gasteiger partial charge >= 0.3 is 0 Å². The zero-order valence-electron chi connectivity index (χ0n) is 18.1. The molecule has 1 aliphatic rings. The fourth-order valence-corrected chi connectivity index (χ4v) is 5.79. The summed E-state index contributed by atoms with van der Waals surface area (Å²) in [6.07, 6.45) is 2.95. The molecule has 1 atom stereocenters. The number of hydrogen-bond donors (Lipinski definition) is 1. The van der Waals surface area contributed by atoms with E-state index in [1.54, 1.807) is 30.0 Å². The third-order valence-electron chi connectivity index (χ3n) is 5.15. The third-order valence-corrected chi connectivity index (χ3v) is 8.61. The van der Waals surface area contributed by atoms with Crippen LogP contribution < -0.4 is 4.72 Å². The summed E-state index contributed by atoms with van der Waals surface area (Å²) in [4.78, 5) is 15.5. The maximum Gasteiger partial charge on any atom is 0.255 e. The molecule has 0 aliphatic carbocycles. The Kier molecular flexibility index (Phi) is 7.66. The number of carbonyl (C=O) groups is 1. The molecule has 1 N–H and O–H groups in total.